The van der Waals surface area contributed by atoms with Gasteiger partial charge in [-0.15, -0.1) is 0 Å². The van der Waals surface area contributed by atoms with E-state index in [0.717, 1.165) is 5.75 Å². The van der Waals surface area contributed by atoms with Crippen molar-refractivity contribution in [1.82, 2.24) is 0 Å². The Morgan fingerprint density at radius 2 is 2.05 bits per heavy atom. The Labute approximate surface area is 118 Å². The number of carbonyl (C=O) groups is 2. The summed E-state index contributed by atoms with van der Waals surface area (Å²) in [4.78, 5) is 23.2. The van der Waals surface area contributed by atoms with Gasteiger partial charge in [-0.25, -0.2) is 4.79 Å². The molecule has 0 spiro atoms. The molecule has 1 fully saturated rings. The van der Waals surface area contributed by atoms with Gasteiger partial charge in [-0.1, -0.05) is 6.92 Å². The van der Waals surface area contributed by atoms with E-state index < -0.39 is 17.7 Å². The molecule has 0 aromatic rings. The van der Waals surface area contributed by atoms with Crippen LogP contribution in [0, 0.1) is 5.41 Å². The first kappa shape index (κ1) is 16.3. The lowest BCUT2D eigenvalue weighted by molar-refractivity contribution is -0.189. The van der Waals surface area contributed by atoms with Crippen molar-refractivity contribution in [2.45, 2.75) is 46.5 Å². The Kier molecular flexibility index (Phi) is 6.13. The summed E-state index contributed by atoms with van der Waals surface area (Å²) in [6.07, 6.45) is 0.179. The van der Waals surface area contributed by atoms with Gasteiger partial charge in [0.15, 0.2) is 6.61 Å². The topological polar surface area (TPSA) is 61.8 Å². The molecule has 0 aliphatic carbocycles. The fourth-order valence-corrected chi connectivity index (χ4v) is 2.26. The maximum Gasteiger partial charge on any atom is 0.346 e. The van der Waals surface area contributed by atoms with E-state index in [-0.39, 0.29) is 18.7 Å². The summed E-state index contributed by atoms with van der Waals surface area (Å²) < 4.78 is 15.5. The molecule has 5 nitrogen and oxygen atoms in total. The minimum absolute atomic E-state index is 0.0677. The molecule has 2 unspecified atom stereocenters. The number of rotatable bonds is 5. The molecule has 0 N–H and O–H groups in total. The number of thioether (sulfide) groups is 1. The maximum atomic E-state index is 11.7. The van der Waals surface area contributed by atoms with E-state index in [2.05, 4.69) is 0 Å². The molecule has 19 heavy (non-hydrogen) atoms. The first-order valence-electron chi connectivity index (χ1n) is 6.45. The van der Waals surface area contributed by atoms with Crippen LogP contribution in [0.4, 0.5) is 0 Å². The van der Waals surface area contributed by atoms with Crippen LogP contribution in [0.1, 0.15) is 34.1 Å². The quantitative estimate of drug-likeness (QED) is 0.722. The van der Waals surface area contributed by atoms with Gasteiger partial charge in [0.25, 0.3) is 0 Å². The molecule has 6 heteroatoms. The van der Waals surface area contributed by atoms with Crippen LogP contribution < -0.4 is 0 Å². The van der Waals surface area contributed by atoms with Crippen LogP contribution in [0.3, 0.4) is 0 Å². The van der Waals surface area contributed by atoms with Crippen molar-refractivity contribution in [2.24, 2.45) is 5.41 Å². The van der Waals surface area contributed by atoms with Crippen molar-refractivity contribution < 1.29 is 23.8 Å². The van der Waals surface area contributed by atoms with Gasteiger partial charge >= 0.3 is 11.9 Å². The Morgan fingerprint density at radius 1 is 1.37 bits per heavy atom. The molecule has 0 amide bonds. The average Bonchev–Trinajstić information content (AvgIpc) is 2.35. The minimum atomic E-state index is -0.577. The molecule has 1 aliphatic heterocycles. The van der Waals surface area contributed by atoms with Gasteiger partial charge in [-0.3, -0.25) is 4.79 Å². The Morgan fingerprint density at radius 3 is 2.63 bits per heavy atom. The summed E-state index contributed by atoms with van der Waals surface area (Å²) in [5, 5.41) is 0. The van der Waals surface area contributed by atoms with E-state index in [0.29, 0.717) is 12.2 Å². The van der Waals surface area contributed by atoms with E-state index in [1.165, 1.54) is 0 Å². The Bertz CT molecular complexity index is 329. The third-order valence-corrected chi connectivity index (χ3v) is 4.22. The Balaban J connectivity index is 2.30. The fraction of sp³-hybridized carbons (Fsp3) is 0.846. The van der Waals surface area contributed by atoms with Gasteiger partial charge in [-0.2, -0.15) is 11.8 Å². The molecule has 2 atom stereocenters. The minimum Gasteiger partial charge on any atom is -0.453 e. The second kappa shape index (κ2) is 7.14. The molecular weight excluding hydrogens is 268 g/mol. The van der Waals surface area contributed by atoms with Crippen LogP contribution in [0.15, 0.2) is 0 Å². The summed E-state index contributed by atoms with van der Waals surface area (Å²) in [6.45, 7) is 7.03. The first-order chi connectivity index (χ1) is 8.85. The van der Waals surface area contributed by atoms with Gasteiger partial charge in [-0.05, 0) is 27.2 Å². The summed E-state index contributed by atoms with van der Waals surface area (Å²) in [5.74, 6) is 0.553. The summed E-state index contributed by atoms with van der Waals surface area (Å²) in [5.41, 5.74) is -0.577. The van der Waals surface area contributed by atoms with Crippen molar-refractivity contribution in [3.63, 3.8) is 0 Å². The summed E-state index contributed by atoms with van der Waals surface area (Å²) in [6, 6.07) is 0. The largest absolute Gasteiger partial charge is 0.453 e. The maximum absolute atomic E-state index is 11.7. The molecule has 0 saturated carbocycles. The third kappa shape index (κ3) is 5.40. The lowest BCUT2D eigenvalue weighted by Crippen LogP contribution is -2.35. The van der Waals surface area contributed by atoms with E-state index in [9.17, 15) is 9.59 Å². The second-order valence-corrected chi connectivity index (χ2v) is 6.29. The highest BCUT2D eigenvalue weighted by Gasteiger charge is 2.29. The highest BCUT2D eigenvalue weighted by molar-refractivity contribution is 7.99. The number of esters is 2. The van der Waals surface area contributed by atoms with Crippen molar-refractivity contribution in [2.75, 3.05) is 18.1 Å². The highest BCUT2D eigenvalue weighted by atomic mass is 32.2. The standard InChI is InChI=1S/C13H22O5S/c1-5-13(3,4)12(15)16-6-10(14)18-11-8-19-7-9(2)17-11/h9,11H,5-8H2,1-4H3. The van der Waals surface area contributed by atoms with Crippen LogP contribution in [0.2, 0.25) is 0 Å². The van der Waals surface area contributed by atoms with Gasteiger partial charge in [0, 0.05) is 5.75 Å². The molecular formula is C13H22O5S. The molecule has 0 aromatic carbocycles. The average molecular weight is 290 g/mol. The summed E-state index contributed by atoms with van der Waals surface area (Å²) >= 11 is 1.68. The zero-order valence-corrected chi connectivity index (χ0v) is 12.7. The first-order valence-corrected chi connectivity index (χ1v) is 7.60. The monoisotopic (exact) mass is 290 g/mol. The SMILES string of the molecule is CCC(C)(C)C(=O)OCC(=O)OC1CSCC(C)O1. The molecule has 0 bridgehead atoms. The van der Waals surface area contributed by atoms with Crippen LogP contribution in [-0.2, 0) is 23.8 Å². The van der Waals surface area contributed by atoms with Crippen LogP contribution in [0.25, 0.3) is 0 Å². The van der Waals surface area contributed by atoms with E-state index >= 15 is 0 Å². The number of carbonyl (C=O) groups excluding carboxylic acids is 2. The smallest absolute Gasteiger partial charge is 0.346 e. The molecule has 110 valence electrons. The highest BCUT2D eigenvalue weighted by Crippen LogP contribution is 2.22. The van der Waals surface area contributed by atoms with Gasteiger partial charge in [0.2, 0.25) is 6.29 Å². The molecule has 1 heterocycles. The number of hydrogen-bond acceptors (Lipinski definition) is 6. The van der Waals surface area contributed by atoms with Crippen LogP contribution in [-0.4, -0.2) is 42.4 Å². The van der Waals surface area contributed by atoms with E-state index in [1.807, 2.05) is 13.8 Å². The fourth-order valence-electron chi connectivity index (χ4n) is 1.37. The Hall–Kier alpha value is -0.750. The predicted octanol–water partition coefficient (Wildman–Crippen LogP) is 1.99. The molecule has 0 radical (unpaired) electrons. The zero-order chi connectivity index (χ0) is 14.5. The normalized spacial score (nSPS) is 23.8. The van der Waals surface area contributed by atoms with E-state index in [4.69, 9.17) is 14.2 Å². The molecule has 1 saturated heterocycles. The molecule has 1 rings (SSSR count). The van der Waals surface area contributed by atoms with Crippen LogP contribution in [0.5, 0.6) is 0 Å². The third-order valence-electron chi connectivity index (χ3n) is 3.01. The van der Waals surface area contributed by atoms with Crippen LogP contribution >= 0.6 is 11.8 Å². The second-order valence-electron chi connectivity index (χ2n) is 5.22. The molecule has 1 aliphatic rings. The van der Waals surface area contributed by atoms with E-state index in [1.54, 1.807) is 25.6 Å². The number of ether oxygens (including phenoxy) is 3. The number of hydrogen-bond donors (Lipinski definition) is 0. The predicted molar refractivity (Wildman–Crippen MR) is 72.8 cm³/mol. The van der Waals surface area contributed by atoms with Gasteiger partial charge in [0.1, 0.15) is 0 Å². The van der Waals surface area contributed by atoms with Crippen molar-refractivity contribution >= 4 is 23.7 Å². The van der Waals surface area contributed by atoms with Gasteiger partial charge < -0.3 is 14.2 Å². The lowest BCUT2D eigenvalue weighted by Gasteiger charge is -2.27. The zero-order valence-electron chi connectivity index (χ0n) is 11.9. The van der Waals surface area contributed by atoms with Gasteiger partial charge in [0.05, 0.1) is 17.3 Å². The molecule has 0 aromatic heterocycles. The summed E-state index contributed by atoms with van der Waals surface area (Å²) in [7, 11) is 0. The van der Waals surface area contributed by atoms with Crippen molar-refractivity contribution in [3.05, 3.63) is 0 Å². The van der Waals surface area contributed by atoms with Crippen molar-refractivity contribution in [1.29, 1.82) is 0 Å². The van der Waals surface area contributed by atoms with Crippen molar-refractivity contribution in [3.8, 4) is 0 Å². The lowest BCUT2D eigenvalue weighted by atomic mass is 9.91.